The maximum atomic E-state index is 13.0. The first kappa shape index (κ1) is 19.0. The molecule has 0 saturated carbocycles. The highest BCUT2D eigenvalue weighted by atomic mass is 16.4. The van der Waals surface area contributed by atoms with E-state index >= 15 is 0 Å². The molecule has 0 amide bonds. The molecule has 0 fully saturated rings. The average Bonchev–Trinajstić information content (AvgIpc) is 3.50. The van der Waals surface area contributed by atoms with E-state index in [9.17, 15) is 9.90 Å². The van der Waals surface area contributed by atoms with Gasteiger partial charge in [0.15, 0.2) is 11.4 Å². The molecule has 34 heavy (non-hydrogen) atoms. The second kappa shape index (κ2) is 7.01. The lowest BCUT2D eigenvalue weighted by molar-refractivity contribution is 0.102. The van der Waals surface area contributed by atoms with Crippen LogP contribution in [0.3, 0.4) is 0 Å². The minimum absolute atomic E-state index is 0.221. The fraction of sp³-hybridized carbons (Fsp3) is 0.0345. The van der Waals surface area contributed by atoms with Crippen LogP contribution in [0.5, 0.6) is 0 Å². The van der Waals surface area contributed by atoms with Crippen LogP contribution < -0.4 is 0 Å². The lowest BCUT2D eigenvalue weighted by atomic mass is 10.0. The highest BCUT2D eigenvalue weighted by molar-refractivity contribution is 6.17. The molecular weight excluding hydrogens is 426 g/mol. The lowest BCUT2D eigenvalue weighted by Gasteiger charge is -2.05. The van der Waals surface area contributed by atoms with Crippen molar-refractivity contribution in [3.05, 3.63) is 108 Å². The Morgan fingerprint density at radius 3 is 2.26 bits per heavy atom. The molecular formula is C29H17NO4. The normalized spacial score (nSPS) is 16.8. The molecule has 6 aromatic rings. The Hall–Kier alpha value is -4.48. The number of furan rings is 1. The molecule has 1 N–H and O–H groups in total. The van der Waals surface area contributed by atoms with E-state index < -0.39 is 6.10 Å². The second-order valence-corrected chi connectivity index (χ2v) is 8.51. The molecule has 0 bridgehead atoms. The van der Waals surface area contributed by atoms with Crippen molar-refractivity contribution in [1.82, 2.24) is 4.98 Å². The zero-order chi connectivity index (χ0) is 22.8. The molecule has 0 saturated heterocycles. The number of oxazole rings is 1. The van der Waals surface area contributed by atoms with Crippen LogP contribution >= 0.6 is 0 Å². The number of hydrogen-bond acceptors (Lipinski definition) is 5. The summed E-state index contributed by atoms with van der Waals surface area (Å²) >= 11 is 0. The largest absolute Gasteiger partial charge is 0.435 e. The minimum Gasteiger partial charge on any atom is -0.435 e. The fourth-order valence-corrected chi connectivity index (χ4v) is 4.70. The monoisotopic (exact) mass is 443 g/mol. The van der Waals surface area contributed by atoms with E-state index in [1.165, 1.54) is 6.08 Å². The third-order valence-electron chi connectivity index (χ3n) is 6.43. The number of aliphatic hydroxyl groups excluding tert-OH is 1. The maximum Gasteiger partial charge on any atom is 0.266 e. The van der Waals surface area contributed by atoms with Gasteiger partial charge in [-0.1, -0.05) is 60.7 Å². The van der Waals surface area contributed by atoms with Gasteiger partial charge >= 0.3 is 0 Å². The average molecular weight is 443 g/mol. The summed E-state index contributed by atoms with van der Waals surface area (Å²) in [6.07, 6.45) is 0.474. The Labute approximate surface area is 193 Å². The van der Waals surface area contributed by atoms with Gasteiger partial charge in [-0.2, -0.15) is 4.98 Å². The number of rotatable bonds is 2. The van der Waals surface area contributed by atoms with Crippen molar-refractivity contribution in [3.63, 3.8) is 0 Å². The van der Waals surface area contributed by atoms with Crippen LogP contribution in [0.4, 0.5) is 0 Å². The van der Waals surface area contributed by atoms with E-state index in [1.54, 1.807) is 6.07 Å². The molecule has 0 aliphatic heterocycles. The Morgan fingerprint density at radius 1 is 0.794 bits per heavy atom. The predicted octanol–water partition coefficient (Wildman–Crippen LogP) is 6.71. The molecule has 1 atom stereocenters. The molecule has 2 aromatic heterocycles. The van der Waals surface area contributed by atoms with E-state index in [-0.39, 0.29) is 17.2 Å². The van der Waals surface area contributed by atoms with E-state index in [1.807, 2.05) is 60.7 Å². The van der Waals surface area contributed by atoms with Gasteiger partial charge in [0.2, 0.25) is 5.89 Å². The van der Waals surface area contributed by atoms with Crippen molar-refractivity contribution in [3.8, 4) is 11.3 Å². The zero-order valence-corrected chi connectivity index (χ0v) is 17.9. The number of aromatic nitrogens is 1. The number of hydrogen-bond donors (Lipinski definition) is 1. The van der Waals surface area contributed by atoms with Crippen molar-refractivity contribution in [1.29, 1.82) is 0 Å². The smallest absolute Gasteiger partial charge is 0.266 e. The van der Waals surface area contributed by atoms with Gasteiger partial charge < -0.3 is 13.9 Å². The van der Waals surface area contributed by atoms with Crippen LogP contribution in [-0.4, -0.2) is 15.9 Å². The number of benzene rings is 4. The molecule has 2 heterocycles. The number of carbonyl (C=O) groups excluding carboxylic acids is 1. The highest BCUT2D eigenvalue weighted by Gasteiger charge is 2.34. The molecule has 7 rings (SSSR count). The maximum absolute atomic E-state index is 13.0. The summed E-state index contributed by atoms with van der Waals surface area (Å²) in [6, 6.07) is 27.5. The standard InChI is InChI=1S/C29H17NO4/c31-27-21-12-18-7-3-4-8-19(18)13-22(21)28(32)23(27)14-26-30-29-25(33-26)15-24(34-29)20-10-9-16-5-1-2-6-17(16)11-20/h1-15,27,31H/b23-14-. The number of nitrogens with zero attached hydrogens (tertiary/aromatic N) is 1. The minimum atomic E-state index is -1.03. The highest BCUT2D eigenvalue weighted by Crippen LogP contribution is 2.39. The SMILES string of the molecule is O=C1/C(=C\c2nc3oc(-c4ccc5ccccc5c4)cc3o2)C(O)c2cc3ccccc3cc21. The van der Waals surface area contributed by atoms with Crippen LogP contribution in [0, 0.1) is 0 Å². The van der Waals surface area contributed by atoms with Crippen LogP contribution in [0.2, 0.25) is 0 Å². The molecule has 1 unspecified atom stereocenters. The van der Waals surface area contributed by atoms with Gasteiger partial charge in [-0.15, -0.1) is 0 Å². The van der Waals surface area contributed by atoms with Crippen molar-refractivity contribution in [2.24, 2.45) is 0 Å². The molecule has 5 heteroatoms. The first-order chi connectivity index (χ1) is 16.6. The molecule has 0 radical (unpaired) electrons. The van der Waals surface area contributed by atoms with Gasteiger partial charge in [0, 0.05) is 28.8 Å². The third-order valence-corrected chi connectivity index (χ3v) is 6.43. The van der Waals surface area contributed by atoms with Crippen molar-refractivity contribution < 1.29 is 18.7 Å². The van der Waals surface area contributed by atoms with Gasteiger partial charge in [0.05, 0.1) is 0 Å². The fourth-order valence-electron chi connectivity index (χ4n) is 4.70. The quantitative estimate of drug-likeness (QED) is 0.301. The molecule has 5 nitrogen and oxygen atoms in total. The van der Waals surface area contributed by atoms with Gasteiger partial charge in [0.25, 0.3) is 5.71 Å². The summed E-state index contributed by atoms with van der Waals surface area (Å²) in [5, 5.41) is 15.1. The summed E-state index contributed by atoms with van der Waals surface area (Å²) in [4.78, 5) is 17.4. The molecule has 162 valence electrons. The van der Waals surface area contributed by atoms with Gasteiger partial charge in [-0.05, 0) is 45.3 Å². The van der Waals surface area contributed by atoms with Crippen molar-refractivity contribution in [2.45, 2.75) is 6.10 Å². The lowest BCUT2D eigenvalue weighted by Crippen LogP contribution is -1.99. The summed E-state index contributed by atoms with van der Waals surface area (Å²) in [5.41, 5.74) is 3.10. The van der Waals surface area contributed by atoms with Crippen molar-refractivity contribution >= 4 is 44.7 Å². The first-order valence-corrected chi connectivity index (χ1v) is 11.0. The van der Waals surface area contributed by atoms with E-state index in [0.717, 1.165) is 27.1 Å². The molecule has 4 aromatic carbocycles. The molecule has 1 aliphatic carbocycles. The van der Waals surface area contributed by atoms with E-state index in [0.29, 0.717) is 28.2 Å². The molecule has 0 spiro atoms. The summed E-state index contributed by atoms with van der Waals surface area (Å²) in [5.74, 6) is 0.653. The second-order valence-electron chi connectivity index (χ2n) is 8.51. The number of carbonyl (C=O) groups is 1. The number of ketones is 1. The predicted molar refractivity (Wildman–Crippen MR) is 130 cm³/mol. The van der Waals surface area contributed by atoms with Crippen LogP contribution in [0.25, 0.3) is 50.2 Å². The zero-order valence-electron chi connectivity index (χ0n) is 17.9. The van der Waals surface area contributed by atoms with Gasteiger partial charge in [-0.25, -0.2) is 0 Å². The van der Waals surface area contributed by atoms with Crippen molar-refractivity contribution in [2.75, 3.05) is 0 Å². The number of Topliss-reactive ketones (excluding diaryl/α,β-unsaturated/α-hetero) is 1. The summed E-state index contributed by atoms with van der Waals surface area (Å²) in [6.45, 7) is 0. The Bertz CT molecular complexity index is 1770. The number of fused-ring (bicyclic) bond motifs is 4. The van der Waals surface area contributed by atoms with Crippen LogP contribution in [0.1, 0.15) is 27.9 Å². The third kappa shape index (κ3) is 2.84. The summed E-state index contributed by atoms with van der Waals surface area (Å²) in [7, 11) is 0. The van der Waals surface area contributed by atoms with Crippen LogP contribution in [0.15, 0.2) is 99.3 Å². The van der Waals surface area contributed by atoms with E-state index in [2.05, 4.69) is 23.2 Å². The van der Waals surface area contributed by atoms with E-state index in [4.69, 9.17) is 8.83 Å². The van der Waals surface area contributed by atoms with Crippen LogP contribution in [-0.2, 0) is 0 Å². The Morgan fingerprint density at radius 2 is 1.50 bits per heavy atom. The topological polar surface area (TPSA) is 76.5 Å². The Balaban J connectivity index is 1.25. The molecule has 1 aliphatic rings. The Kier molecular flexibility index (Phi) is 3.92. The van der Waals surface area contributed by atoms with Gasteiger partial charge in [-0.3, -0.25) is 4.79 Å². The first-order valence-electron chi connectivity index (χ1n) is 11.0. The summed E-state index contributed by atoms with van der Waals surface area (Å²) < 4.78 is 11.8. The number of aliphatic hydroxyl groups is 1. The van der Waals surface area contributed by atoms with Gasteiger partial charge in [0.1, 0.15) is 11.9 Å².